The molecule has 1 nitrogen and oxygen atoms in total. The summed E-state index contributed by atoms with van der Waals surface area (Å²) < 4.78 is 24.2. The molecule has 13 heavy (non-hydrogen) atoms. The molecule has 0 aliphatic carbocycles. The van der Waals surface area contributed by atoms with E-state index in [0.717, 1.165) is 5.56 Å². The van der Waals surface area contributed by atoms with Crippen molar-refractivity contribution in [1.82, 2.24) is 0 Å². The topological polar surface area (TPSA) is 20.2 Å². The predicted molar refractivity (Wildman–Crippen MR) is 46.5 cm³/mol. The first-order valence-electron chi connectivity index (χ1n) is 3.92. The Hall–Kier alpha value is -1.22. The van der Waals surface area contributed by atoms with Crippen LogP contribution in [0, 0.1) is 0 Å². The molecule has 1 rings (SSSR count). The Morgan fingerprint density at radius 3 is 2.23 bits per heavy atom. The predicted octanol–water partition coefficient (Wildman–Crippen LogP) is 2.37. The third kappa shape index (κ3) is 2.95. The molecule has 0 unspecified atom stereocenters. The fourth-order valence-electron chi connectivity index (χ4n) is 1.02. The van der Waals surface area contributed by atoms with E-state index in [2.05, 4.69) is 0 Å². The van der Waals surface area contributed by atoms with Crippen molar-refractivity contribution in [2.45, 2.75) is 6.42 Å². The Balaban J connectivity index is 2.74. The van der Waals surface area contributed by atoms with Crippen molar-refractivity contribution in [3.05, 3.63) is 47.5 Å². The minimum Gasteiger partial charge on any atom is -0.392 e. The van der Waals surface area contributed by atoms with Gasteiger partial charge in [-0.1, -0.05) is 30.3 Å². The molecule has 3 heteroatoms. The molecular formula is C10H10F2O. The molecule has 0 bridgehead atoms. The van der Waals surface area contributed by atoms with Crippen LogP contribution in [0.4, 0.5) is 8.78 Å². The van der Waals surface area contributed by atoms with Crippen LogP contribution in [0.1, 0.15) is 5.56 Å². The maximum absolute atomic E-state index is 12.1. The molecule has 0 aromatic heterocycles. The van der Waals surface area contributed by atoms with Gasteiger partial charge >= 0.3 is 0 Å². The van der Waals surface area contributed by atoms with E-state index >= 15 is 0 Å². The zero-order chi connectivity index (χ0) is 9.68. The standard InChI is InChI=1S/C10H10F2O/c11-10(12)9(7-13)6-8-4-2-1-3-5-8/h1-5,13H,6-7H2. The van der Waals surface area contributed by atoms with Gasteiger partial charge in [0.25, 0.3) is 6.08 Å². The van der Waals surface area contributed by atoms with Crippen LogP contribution in [0.2, 0.25) is 0 Å². The first kappa shape index (κ1) is 9.86. The summed E-state index contributed by atoms with van der Waals surface area (Å²) in [6, 6.07) is 8.87. The Morgan fingerprint density at radius 2 is 1.77 bits per heavy atom. The lowest BCUT2D eigenvalue weighted by atomic mass is 10.1. The molecule has 0 amide bonds. The third-order valence-electron chi connectivity index (χ3n) is 1.72. The summed E-state index contributed by atoms with van der Waals surface area (Å²) in [6.07, 6.45) is -1.67. The molecule has 0 saturated carbocycles. The van der Waals surface area contributed by atoms with Crippen LogP contribution < -0.4 is 0 Å². The summed E-state index contributed by atoms with van der Waals surface area (Å²) in [4.78, 5) is 0. The van der Waals surface area contributed by atoms with Crippen LogP contribution in [0.25, 0.3) is 0 Å². The molecule has 0 fully saturated rings. The van der Waals surface area contributed by atoms with Gasteiger partial charge in [0.1, 0.15) is 0 Å². The highest BCUT2D eigenvalue weighted by molar-refractivity contribution is 5.22. The van der Waals surface area contributed by atoms with Crippen molar-refractivity contribution in [1.29, 1.82) is 0 Å². The minimum absolute atomic E-state index is 0.111. The SMILES string of the molecule is OCC(Cc1ccccc1)=C(F)F. The van der Waals surface area contributed by atoms with Gasteiger partial charge in [0, 0.05) is 12.0 Å². The number of halogens is 2. The Morgan fingerprint density at radius 1 is 1.15 bits per heavy atom. The average molecular weight is 184 g/mol. The van der Waals surface area contributed by atoms with Gasteiger partial charge in [-0.25, -0.2) is 0 Å². The maximum Gasteiger partial charge on any atom is 0.272 e. The van der Waals surface area contributed by atoms with E-state index in [1.165, 1.54) is 0 Å². The van der Waals surface area contributed by atoms with Crippen LogP contribution >= 0.6 is 0 Å². The van der Waals surface area contributed by atoms with Crippen molar-refractivity contribution in [2.75, 3.05) is 6.61 Å². The molecule has 1 N–H and O–H groups in total. The van der Waals surface area contributed by atoms with Crippen molar-refractivity contribution in [3.63, 3.8) is 0 Å². The monoisotopic (exact) mass is 184 g/mol. The molecule has 0 saturated heterocycles. The molecule has 0 radical (unpaired) electrons. The first-order chi connectivity index (χ1) is 6.24. The van der Waals surface area contributed by atoms with E-state index in [1.807, 2.05) is 6.07 Å². The first-order valence-corrected chi connectivity index (χ1v) is 3.92. The number of aliphatic hydroxyl groups is 1. The van der Waals surface area contributed by atoms with E-state index in [1.54, 1.807) is 24.3 Å². The molecule has 0 atom stereocenters. The lowest BCUT2D eigenvalue weighted by molar-refractivity contribution is 0.307. The molecule has 0 heterocycles. The molecule has 70 valence electrons. The van der Waals surface area contributed by atoms with Crippen molar-refractivity contribution in [2.24, 2.45) is 0 Å². The smallest absolute Gasteiger partial charge is 0.272 e. The van der Waals surface area contributed by atoms with Gasteiger partial charge in [0.15, 0.2) is 0 Å². The van der Waals surface area contributed by atoms with Gasteiger partial charge < -0.3 is 5.11 Å². The molecule has 0 aliphatic rings. The van der Waals surface area contributed by atoms with Gasteiger partial charge in [-0.05, 0) is 5.56 Å². The van der Waals surface area contributed by atoms with Crippen molar-refractivity contribution in [3.8, 4) is 0 Å². The van der Waals surface area contributed by atoms with Crippen LogP contribution in [0.5, 0.6) is 0 Å². The van der Waals surface area contributed by atoms with E-state index in [0.29, 0.717) is 0 Å². The Labute approximate surface area is 75.3 Å². The normalized spacial score (nSPS) is 9.77. The fraction of sp³-hybridized carbons (Fsp3) is 0.200. The van der Waals surface area contributed by atoms with E-state index in [-0.39, 0.29) is 12.0 Å². The van der Waals surface area contributed by atoms with E-state index in [4.69, 9.17) is 5.11 Å². The van der Waals surface area contributed by atoms with Crippen LogP contribution in [0.3, 0.4) is 0 Å². The van der Waals surface area contributed by atoms with E-state index < -0.39 is 12.7 Å². The number of aliphatic hydroxyl groups excluding tert-OH is 1. The summed E-state index contributed by atoms with van der Waals surface area (Å²) in [5.74, 6) is 0. The highest BCUT2D eigenvalue weighted by atomic mass is 19.3. The van der Waals surface area contributed by atoms with Crippen LogP contribution in [-0.2, 0) is 6.42 Å². The highest BCUT2D eigenvalue weighted by Crippen LogP contribution is 2.13. The summed E-state index contributed by atoms with van der Waals surface area (Å²) >= 11 is 0. The third-order valence-corrected chi connectivity index (χ3v) is 1.72. The van der Waals surface area contributed by atoms with Crippen molar-refractivity contribution < 1.29 is 13.9 Å². The number of hydrogen-bond acceptors (Lipinski definition) is 1. The molecular weight excluding hydrogens is 174 g/mol. The summed E-state index contributed by atoms with van der Waals surface area (Å²) in [5.41, 5.74) is 0.561. The van der Waals surface area contributed by atoms with Gasteiger partial charge in [0.2, 0.25) is 0 Å². The molecule has 0 spiro atoms. The second-order valence-electron chi connectivity index (χ2n) is 2.68. The number of benzene rings is 1. The van der Waals surface area contributed by atoms with Gasteiger partial charge in [0.05, 0.1) is 6.61 Å². The molecule has 0 aliphatic heterocycles. The van der Waals surface area contributed by atoms with Crippen molar-refractivity contribution >= 4 is 0 Å². The Bertz CT molecular complexity index is 289. The maximum atomic E-state index is 12.1. The molecule has 1 aromatic carbocycles. The second kappa shape index (κ2) is 4.72. The molecule has 1 aromatic rings. The number of hydrogen-bond donors (Lipinski definition) is 1. The fourth-order valence-corrected chi connectivity index (χ4v) is 1.02. The van der Waals surface area contributed by atoms with Gasteiger partial charge in [-0.2, -0.15) is 8.78 Å². The highest BCUT2D eigenvalue weighted by Gasteiger charge is 2.05. The quantitative estimate of drug-likeness (QED) is 0.764. The zero-order valence-electron chi connectivity index (χ0n) is 7.00. The summed E-state index contributed by atoms with van der Waals surface area (Å²) in [6.45, 7) is -0.586. The average Bonchev–Trinajstić information content (AvgIpc) is 2.15. The summed E-state index contributed by atoms with van der Waals surface area (Å²) in [7, 11) is 0. The lowest BCUT2D eigenvalue weighted by Crippen LogP contribution is -1.96. The summed E-state index contributed by atoms with van der Waals surface area (Å²) in [5, 5.41) is 8.62. The minimum atomic E-state index is -1.79. The Kier molecular flexibility index (Phi) is 3.58. The van der Waals surface area contributed by atoms with E-state index in [9.17, 15) is 8.78 Å². The zero-order valence-corrected chi connectivity index (χ0v) is 7.00. The lowest BCUT2D eigenvalue weighted by Gasteiger charge is -2.02. The van der Waals surface area contributed by atoms with Gasteiger partial charge in [-0.15, -0.1) is 0 Å². The largest absolute Gasteiger partial charge is 0.392 e. The second-order valence-corrected chi connectivity index (χ2v) is 2.68. The number of rotatable bonds is 3. The van der Waals surface area contributed by atoms with Crippen LogP contribution in [0.15, 0.2) is 42.0 Å². The van der Waals surface area contributed by atoms with Crippen LogP contribution in [-0.4, -0.2) is 11.7 Å². The van der Waals surface area contributed by atoms with Gasteiger partial charge in [-0.3, -0.25) is 0 Å².